The Balaban J connectivity index is 1.26. The van der Waals surface area contributed by atoms with Gasteiger partial charge in [-0.2, -0.15) is 4.98 Å². The van der Waals surface area contributed by atoms with Crippen LogP contribution in [0.5, 0.6) is 0 Å². The largest absolute Gasteiger partial charge is 0.341 e. The van der Waals surface area contributed by atoms with Crippen LogP contribution in [0.25, 0.3) is 0 Å². The summed E-state index contributed by atoms with van der Waals surface area (Å²) in [7, 11) is 0. The summed E-state index contributed by atoms with van der Waals surface area (Å²) in [6, 6.07) is 19.8. The second-order valence-electron chi connectivity index (χ2n) is 8.71. The molecule has 5 rings (SSSR count). The number of likely N-dealkylation sites (tertiary alicyclic amines) is 1. The van der Waals surface area contributed by atoms with Crippen molar-refractivity contribution >= 4 is 35.0 Å². The van der Waals surface area contributed by atoms with Crippen LogP contribution in [0.4, 0.5) is 17.5 Å². The lowest BCUT2D eigenvalue weighted by molar-refractivity contribution is -0.133. The first kappa shape index (κ1) is 21.7. The van der Waals surface area contributed by atoms with Gasteiger partial charge in [-0.15, -0.1) is 0 Å². The van der Waals surface area contributed by atoms with Crippen molar-refractivity contribution in [1.82, 2.24) is 14.9 Å². The van der Waals surface area contributed by atoms with Gasteiger partial charge in [0, 0.05) is 25.8 Å². The Morgan fingerprint density at radius 3 is 2.48 bits per heavy atom. The zero-order chi connectivity index (χ0) is 22.6. The third-order valence-corrected chi connectivity index (χ3v) is 6.98. The van der Waals surface area contributed by atoms with Crippen molar-refractivity contribution in [3.8, 4) is 0 Å². The maximum Gasteiger partial charge on any atom is 0.245 e. The maximum absolute atomic E-state index is 13.4. The predicted molar refractivity (Wildman–Crippen MR) is 132 cm³/mol. The van der Waals surface area contributed by atoms with E-state index in [9.17, 15) is 4.79 Å². The number of rotatable bonds is 5. The number of piperidine rings is 1. The molecular formula is C26H28ClN5O. The molecule has 7 heteroatoms. The third-order valence-electron chi connectivity index (χ3n) is 6.65. The molecule has 2 fully saturated rings. The van der Waals surface area contributed by atoms with E-state index in [4.69, 9.17) is 16.6 Å². The Kier molecular flexibility index (Phi) is 6.44. The minimum absolute atomic E-state index is 0.200. The molecule has 1 aromatic heterocycles. The number of hydrogen-bond donors (Lipinski definition) is 1. The molecule has 3 aromatic rings. The summed E-state index contributed by atoms with van der Waals surface area (Å²) < 4.78 is 0. The van der Waals surface area contributed by atoms with Crippen molar-refractivity contribution in [2.24, 2.45) is 0 Å². The zero-order valence-corrected chi connectivity index (χ0v) is 19.3. The van der Waals surface area contributed by atoms with Gasteiger partial charge in [0.25, 0.3) is 0 Å². The van der Waals surface area contributed by atoms with E-state index in [2.05, 4.69) is 45.5 Å². The SMILES string of the molecule is O=C([C@@H]1CCCN1c1nccc(Nc2ccccc2Cl)n1)N1CCC(c2ccccc2)CC1. The van der Waals surface area contributed by atoms with E-state index in [0.29, 0.717) is 22.7 Å². The molecule has 33 heavy (non-hydrogen) atoms. The van der Waals surface area contributed by atoms with E-state index in [0.717, 1.165) is 51.0 Å². The molecule has 2 aromatic carbocycles. The lowest BCUT2D eigenvalue weighted by Gasteiger charge is -2.35. The molecule has 170 valence electrons. The fourth-order valence-electron chi connectivity index (χ4n) is 4.89. The maximum atomic E-state index is 13.4. The summed E-state index contributed by atoms with van der Waals surface area (Å²) in [5, 5.41) is 3.89. The number of nitrogens with zero attached hydrogens (tertiary/aromatic N) is 4. The molecule has 2 aliphatic rings. The standard InChI is InChI=1S/C26H28ClN5O/c27-21-9-4-5-10-22(21)29-24-12-15-28-26(30-24)32-16-6-11-23(32)25(33)31-17-13-20(14-18-31)19-7-2-1-3-8-19/h1-5,7-10,12,15,20,23H,6,11,13-14,16-18H2,(H,28,29,30)/t23-/m0/s1. The average molecular weight is 462 g/mol. The Bertz CT molecular complexity index is 1100. The van der Waals surface area contributed by atoms with E-state index in [1.165, 1.54) is 5.56 Å². The predicted octanol–water partition coefficient (Wildman–Crippen LogP) is 5.25. The summed E-state index contributed by atoms with van der Waals surface area (Å²) >= 11 is 6.27. The van der Waals surface area contributed by atoms with Crippen LogP contribution in [0.15, 0.2) is 66.9 Å². The molecule has 3 heterocycles. The second-order valence-corrected chi connectivity index (χ2v) is 9.12. The van der Waals surface area contributed by atoms with Gasteiger partial charge in [-0.25, -0.2) is 4.98 Å². The number of carbonyl (C=O) groups excluding carboxylic acids is 1. The number of hydrogen-bond acceptors (Lipinski definition) is 5. The van der Waals surface area contributed by atoms with Gasteiger partial charge < -0.3 is 15.1 Å². The minimum Gasteiger partial charge on any atom is -0.341 e. The summed E-state index contributed by atoms with van der Waals surface area (Å²) in [5.74, 6) is 1.98. The number of anilines is 3. The first-order chi connectivity index (χ1) is 16.2. The molecular weight excluding hydrogens is 434 g/mol. The number of nitrogens with one attached hydrogen (secondary N) is 1. The second kappa shape index (κ2) is 9.79. The molecule has 0 radical (unpaired) electrons. The highest BCUT2D eigenvalue weighted by molar-refractivity contribution is 6.33. The Hall–Kier alpha value is -3.12. The molecule has 2 aliphatic heterocycles. The van der Waals surface area contributed by atoms with Crippen LogP contribution in [0.2, 0.25) is 5.02 Å². The molecule has 0 spiro atoms. The topological polar surface area (TPSA) is 61.4 Å². The van der Waals surface area contributed by atoms with Gasteiger partial charge in [0.2, 0.25) is 11.9 Å². The van der Waals surface area contributed by atoms with Crippen molar-refractivity contribution in [2.45, 2.75) is 37.6 Å². The van der Waals surface area contributed by atoms with Crippen LogP contribution in [0, 0.1) is 0 Å². The third kappa shape index (κ3) is 4.81. The van der Waals surface area contributed by atoms with Crippen LogP contribution < -0.4 is 10.2 Å². The number of para-hydroxylation sites is 1. The minimum atomic E-state index is -0.200. The number of amides is 1. The van der Waals surface area contributed by atoms with Crippen LogP contribution in [0.3, 0.4) is 0 Å². The molecule has 0 saturated carbocycles. The van der Waals surface area contributed by atoms with Crippen molar-refractivity contribution in [1.29, 1.82) is 0 Å². The van der Waals surface area contributed by atoms with Crippen LogP contribution >= 0.6 is 11.6 Å². The quantitative estimate of drug-likeness (QED) is 0.562. The van der Waals surface area contributed by atoms with Gasteiger partial charge in [0.1, 0.15) is 11.9 Å². The zero-order valence-electron chi connectivity index (χ0n) is 18.5. The highest BCUT2D eigenvalue weighted by atomic mass is 35.5. The summed E-state index contributed by atoms with van der Waals surface area (Å²) in [6.07, 6.45) is 5.55. The lowest BCUT2D eigenvalue weighted by Crippen LogP contribution is -2.48. The summed E-state index contributed by atoms with van der Waals surface area (Å²) in [6.45, 7) is 2.39. The highest BCUT2D eigenvalue weighted by Gasteiger charge is 2.36. The van der Waals surface area contributed by atoms with Gasteiger partial charge in [0.15, 0.2) is 0 Å². The molecule has 1 amide bonds. The average Bonchev–Trinajstić information content (AvgIpc) is 3.36. The number of benzene rings is 2. The van der Waals surface area contributed by atoms with Crippen molar-refractivity contribution in [3.63, 3.8) is 0 Å². The number of halogens is 1. The summed E-state index contributed by atoms with van der Waals surface area (Å²) in [5.41, 5.74) is 2.17. The molecule has 1 N–H and O–H groups in total. The van der Waals surface area contributed by atoms with Gasteiger partial charge in [-0.1, -0.05) is 54.1 Å². The molecule has 0 bridgehead atoms. The highest BCUT2D eigenvalue weighted by Crippen LogP contribution is 2.31. The number of aromatic nitrogens is 2. The van der Waals surface area contributed by atoms with E-state index in [1.807, 2.05) is 35.2 Å². The van der Waals surface area contributed by atoms with Gasteiger partial charge >= 0.3 is 0 Å². The van der Waals surface area contributed by atoms with Crippen LogP contribution in [0.1, 0.15) is 37.2 Å². The van der Waals surface area contributed by atoms with E-state index < -0.39 is 0 Å². The van der Waals surface area contributed by atoms with Gasteiger partial charge in [-0.05, 0) is 55.4 Å². The van der Waals surface area contributed by atoms with E-state index in [-0.39, 0.29) is 11.9 Å². The van der Waals surface area contributed by atoms with Crippen LogP contribution in [-0.2, 0) is 4.79 Å². The molecule has 6 nitrogen and oxygen atoms in total. The first-order valence-electron chi connectivity index (χ1n) is 11.6. The smallest absolute Gasteiger partial charge is 0.245 e. The lowest BCUT2D eigenvalue weighted by atomic mass is 9.89. The fourth-order valence-corrected chi connectivity index (χ4v) is 5.07. The van der Waals surface area contributed by atoms with Crippen LogP contribution in [-0.4, -0.2) is 46.5 Å². The van der Waals surface area contributed by atoms with Gasteiger partial charge in [-0.3, -0.25) is 4.79 Å². The van der Waals surface area contributed by atoms with Crippen molar-refractivity contribution in [2.75, 3.05) is 29.9 Å². The Morgan fingerprint density at radius 2 is 1.70 bits per heavy atom. The molecule has 0 aliphatic carbocycles. The molecule has 1 atom stereocenters. The van der Waals surface area contributed by atoms with Gasteiger partial charge in [0.05, 0.1) is 10.7 Å². The van der Waals surface area contributed by atoms with Crippen molar-refractivity contribution in [3.05, 3.63) is 77.4 Å². The Morgan fingerprint density at radius 1 is 0.939 bits per heavy atom. The Labute approximate surface area is 199 Å². The molecule has 0 unspecified atom stereocenters. The fraction of sp³-hybridized carbons (Fsp3) is 0.346. The summed E-state index contributed by atoms with van der Waals surface area (Å²) in [4.78, 5) is 26.7. The number of carbonyl (C=O) groups is 1. The molecule has 2 saturated heterocycles. The van der Waals surface area contributed by atoms with E-state index >= 15 is 0 Å². The monoisotopic (exact) mass is 461 g/mol. The first-order valence-corrected chi connectivity index (χ1v) is 12.0. The normalized spacial score (nSPS) is 19.0. The van der Waals surface area contributed by atoms with Crippen molar-refractivity contribution < 1.29 is 4.79 Å². The van der Waals surface area contributed by atoms with E-state index in [1.54, 1.807) is 6.20 Å².